The van der Waals surface area contributed by atoms with Crippen molar-refractivity contribution in [1.29, 1.82) is 0 Å². The predicted octanol–water partition coefficient (Wildman–Crippen LogP) is 4.66. The van der Waals surface area contributed by atoms with Crippen LogP contribution < -0.4 is 20.1 Å². The van der Waals surface area contributed by atoms with Crippen LogP contribution in [0.5, 0.6) is 11.5 Å². The van der Waals surface area contributed by atoms with Gasteiger partial charge in [0.2, 0.25) is 6.79 Å². The van der Waals surface area contributed by atoms with Gasteiger partial charge < -0.3 is 20.1 Å². The number of rotatable bonds is 6. The van der Waals surface area contributed by atoms with Crippen LogP contribution in [0.3, 0.4) is 0 Å². The molecule has 3 aromatic carbocycles. The summed E-state index contributed by atoms with van der Waals surface area (Å²) in [7, 11) is 0. The average molecular weight is 473 g/mol. The monoisotopic (exact) mass is 473 g/mol. The van der Waals surface area contributed by atoms with Gasteiger partial charge in [0.1, 0.15) is 5.70 Å². The molecular weight excluding hydrogens is 450 g/mol. The van der Waals surface area contributed by atoms with Gasteiger partial charge in [-0.15, -0.1) is 0 Å². The molecule has 0 aromatic heterocycles. The van der Waals surface area contributed by atoms with Gasteiger partial charge in [-0.25, -0.2) is 0 Å². The van der Waals surface area contributed by atoms with Gasteiger partial charge in [0.25, 0.3) is 17.5 Å². The highest BCUT2D eigenvalue weighted by Gasteiger charge is 2.19. The Balaban J connectivity index is 1.67. The topological polar surface area (TPSA) is 120 Å². The summed E-state index contributed by atoms with van der Waals surface area (Å²) < 4.78 is 10.7. The highest BCUT2D eigenvalue weighted by atomic mass is 16.7. The van der Waals surface area contributed by atoms with E-state index < -0.39 is 16.7 Å². The van der Waals surface area contributed by atoms with Gasteiger partial charge in [-0.3, -0.25) is 19.7 Å². The highest BCUT2D eigenvalue weighted by molar-refractivity contribution is 6.11. The summed E-state index contributed by atoms with van der Waals surface area (Å²) in [5.41, 5.74) is 3.66. The molecule has 0 aliphatic carbocycles. The van der Waals surface area contributed by atoms with Crippen molar-refractivity contribution in [2.24, 2.45) is 0 Å². The predicted molar refractivity (Wildman–Crippen MR) is 130 cm³/mol. The Morgan fingerprint density at radius 3 is 2.40 bits per heavy atom. The summed E-state index contributed by atoms with van der Waals surface area (Å²) in [5, 5.41) is 16.5. The Morgan fingerprint density at radius 2 is 1.66 bits per heavy atom. The third kappa shape index (κ3) is 5.30. The van der Waals surface area contributed by atoms with E-state index in [9.17, 15) is 19.7 Å². The first kappa shape index (κ1) is 23.5. The SMILES string of the molecule is Cc1ccc(C(=O)N/C(=C\c2ccc3c(c2)OCO3)C(=O)Nc2cc([N+](=O)[O-])ccc2C)cc1C. The summed E-state index contributed by atoms with van der Waals surface area (Å²) in [6, 6.07) is 14.6. The number of carbonyl (C=O) groups is 2. The number of hydrogen-bond donors (Lipinski definition) is 2. The molecule has 0 spiro atoms. The fourth-order valence-corrected chi connectivity index (χ4v) is 3.45. The van der Waals surface area contributed by atoms with E-state index in [4.69, 9.17) is 9.47 Å². The molecule has 2 N–H and O–H groups in total. The van der Waals surface area contributed by atoms with Crippen molar-refractivity contribution in [1.82, 2.24) is 5.32 Å². The quantitative estimate of drug-likeness (QED) is 0.305. The number of anilines is 1. The molecule has 1 aliphatic rings. The summed E-state index contributed by atoms with van der Waals surface area (Å²) in [6.07, 6.45) is 1.50. The van der Waals surface area contributed by atoms with Crippen LogP contribution in [0, 0.1) is 30.9 Å². The van der Waals surface area contributed by atoms with Gasteiger partial charge in [0.05, 0.1) is 10.6 Å². The summed E-state index contributed by atoms with van der Waals surface area (Å²) in [4.78, 5) is 36.9. The zero-order chi connectivity index (χ0) is 25.1. The van der Waals surface area contributed by atoms with Crippen LogP contribution in [0.15, 0.2) is 60.3 Å². The molecule has 4 rings (SSSR count). The maximum atomic E-state index is 13.3. The Morgan fingerprint density at radius 1 is 0.914 bits per heavy atom. The Labute approximate surface area is 201 Å². The molecule has 0 saturated carbocycles. The normalized spacial score (nSPS) is 12.3. The van der Waals surface area contributed by atoms with Crippen LogP contribution >= 0.6 is 0 Å². The smallest absolute Gasteiger partial charge is 0.272 e. The first-order valence-electron chi connectivity index (χ1n) is 10.8. The third-order valence-electron chi connectivity index (χ3n) is 5.65. The van der Waals surface area contributed by atoms with Gasteiger partial charge in [-0.1, -0.05) is 18.2 Å². The van der Waals surface area contributed by atoms with Gasteiger partial charge in [-0.2, -0.15) is 0 Å². The molecule has 1 aliphatic heterocycles. The van der Waals surface area contributed by atoms with Crippen molar-refractivity contribution in [2.75, 3.05) is 12.1 Å². The molecule has 0 saturated heterocycles. The second kappa shape index (κ2) is 9.68. The zero-order valence-corrected chi connectivity index (χ0v) is 19.4. The Hall–Kier alpha value is -4.66. The number of nitrogens with one attached hydrogen (secondary N) is 2. The van der Waals surface area contributed by atoms with Crippen molar-refractivity contribution in [3.05, 3.63) is 98.2 Å². The minimum atomic E-state index is -0.636. The third-order valence-corrected chi connectivity index (χ3v) is 5.65. The van der Waals surface area contributed by atoms with Crippen LogP contribution in [0.4, 0.5) is 11.4 Å². The van der Waals surface area contributed by atoms with Crippen molar-refractivity contribution in [3.8, 4) is 11.5 Å². The summed E-state index contributed by atoms with van der Waals surface area (Å²) in [6.45, 7) is 5.66. The van der Waals surface area contributed by atoms with E-state index in [0.717, 1.165) is 11.1 Å². The molecule has 0 radical (unpaired) electrons. The van der Waals surface area contributed by atoms with Gasteiger partial charge >= 0.3 is 0 Å². The molecule has 9 heteroatoms. The van der Waals surface area contributed by atoms with Crippen molar-refractivity contribution >= 4 is 29.3 Å². The molecule has 0 fully saturated rings. The van der Waals surface area contributed by atoms with Crippen LogP contribution in [0.2, 0.25) is 0 Å². The lowest BCUT2D eigenvalue weighted by molar-refractivity contribution is -0.384. The molecule has 178 valence electrons. The largest absolute Gasteiger partial charge is 0.454 e. The zero-order valence-electron chi connectivity index (χ0n) is 19.4. The van der Waals surface area contributed by atoms with E-state index in [1.54, 1.807) is 43.3 Å². The van der Waals surface area contributed by atoms with Crippen LogP contribution in [0.1, 0.15) is 32.6 Å². The lowest BCUT2D eigenvalue weighted by Gasteiger charge is -2.13. The second-order valence-electron chi connectivity index (χ2n) is 8.13. The maximum Gasteiger partial charge on any atom is 0.272 e. The summed E-state index contributed by atoms with van der Waals surface area (Å²) in [5.74, 6) is 0.00233. The number of nitro groups is 1. The van der Waals surface area contributed by atoms with Crippen molar-refractivity contribution in [2.45, 2.75) is 20.8 Å². The molecule has 0 atom stereocenters. The van der Waals surface area contributed by atoms with Crippen LogP contribution in [-0.2, 0) is 4.79 Å². The Kier molecular flexibility index (Phi) is 6.50. The number of ether oxygens (including phenoxy) is 2. The number of aryl methyl sites for hydroxylation is 3. The molecule has 3 aromatic rings. The lowest BCUT2D eigenvalue weighted by Crippen LogP contribution is -2.31. The lowest BCUT2D eigenvalue weighted by atomic mass is 10.1. The average Bonchev–Trinajstić information content (AvgIpc) is 3.29. The van der Waals surface area contributed by atoms with Gasteiger partial charge in [-0.05, 0) is 73.4 Å². The number of amides is 2. The summed E-state index contributed by atoms with van der Waals surface area (Å²) >= 11 is 0. The van der Waals surface area contributed by atoms with E-state index in [1.807, 2.05) is 19.9 Å². The van der Waals surface area contributed by atoms with E-state index in [0.29, 0.717) is 28.2 Å². The fraction of sp³-hybridized carbons (Fsp3) is 0.154. The molecule has 0 unspecified atom stereocenters. The van der Waals surface area contributed by atoms with E-state index >= 15 is 0 Å². The number of nitrogens with zero attached hydrogens (tertiary/aromatic N) is 1. The second-order valence-corrected chi connectivity index (χ2v) is 8.13. The molecule has 0 bridgehead atoms. The minimum absolute atomic E-state index is 0.0435. The first-order valence-corrected chi connectivity index (χ1v) is 10.8. The highest BCUT2D eigenvalue weighted by Crippen LogP contribution is 2.33. The van der Waals surface area contributed by atoms with Gasteiger partial charge in [0.15, 0.2) is 11.5 Å². The fourth-order valence-electron chi connectivity index (χ4n) is 3.45. The maximum absolute atomic E-state index is 13.3. The molecule has 35 heavy (non-hydrogen) atoms. The van der Waals surface area contributed by atoms with E-state index in [-0.39, 0.29) is 23.9 Å². The van der Waals surface area contributed by atoms with Crippen molar-refractivity contribution in [3.63, 3.8) is 0 Å². The molecule has 1 heterocycles. The van der Waals surface area contributed by atoms with E-state index in [2.05, 4.69) is 10.6 Å². The number of nitro benzene ring substituents is 1. The minimum Gasteiger partial charge on any atom is -0.454 e. The number of non-ortho nitro benzene ring substituents is 1. The van der Waals surface area contributed by atoms with E-state index in [1.165, 1.54) is 18.2 Å². The first-order chi connectivity index (χ1) is 16.7. The number of hydrogen-bond acceptors (Lipinski definition) is 6. The van der Waals surface area contributed by atoms with Gasteiger partial charge in [0, 0.05) is 17.7 Å². The molecular formula is C26H23N3O6. The Bertz CT molecular complexity index is 1380. The number of fused-ring (bicyclic) bond motifs is 1. The molecule has 2 amide bonds. The standard InChI is InChI=1S/C26H23N3O6/c1-15-4-7-19(10-17(15)3)25(30)28-22(11-18-6-9-23-24(12-18)35-14-34-23)26(31)27-21-13-20(29(32)33)8-5-16(21)2/h4-13H,14H2,1-3H3,(H,27,31)(H,28,30)/b22-11-. The number of carbonyl (C=O) groups excluding carboxylic acids is 2. The number of benzene rings is 3. The van der Waals surface area contributed by atoms with Crippen LogP contribution in [0.25, 0.3) is 6.08 Å². The van der Waals surface area contributed by atoms with Crippen molar-refractivity contribution < 1.29 is 24.0 Å². The molecule has 9 nitrogen and oxygen atoms in total. The van der Waals surface area contributed by atoms with Crippen LogP contribution in [-0.4, -0.2) is 23.5 Å².